The van der Waals surface area contributed by atoms with E-state index in [1.165, 1.54) is 11.3 Å². The van der Waals surface area contributed by atoms with Crippen LogP contribution in [-0.2, 0) is 7.05 Å². The number of hydrogen-bond donors (Lipinski definition) is 0. The van der Waals surface area contributed by atoms with E-state index in [9.17, 15) is 4.79 Å². The van der Waals surface area contributed by atoms with Gasteiger partial charge in [-0.05, 0) is 11.4 Å². The van der Waals surface area contributed by atoms with E-state index in [1.807, 2.05) is 15.8 Å². The van der Waals surface area contributed by atoms with Crippen LogP contribution in [0.1, 0.15) is 5.89 Å². The van der Waals surface area contributed by atoms with Gasteiger partial charge in [0.25, 0.3) is 5.56 Å². The highest BCUT2D eigenvalue weighted by atomic mass is 32.1. The zero-order valence-corrected chi connectivity index (χ0v) is 11.5. The van der Waals surface area contributed by atoms with Crippen molar-refractivity contribution in [3.8, 4) is 11.5 Å². The van der Waals surface area contributed by atoms with Crippen LogP contribution in [-0.4, -0.2) is 24.1 Å². The fraction of sp³-hybridized carbons (Fsp3) is 0.167. The van der Waals surface area contributed by atoms with Crippen LogP contribution in [0.3, 0.4) is 0 Å². The Balaban J connectivity index is 2.20. The van der Waals surface area contributed by atoms with Crippen molar-refractivity contribution in [3.63, 3.8) is 0 Å². The van der Waals surface area contributed by atoms with Crippen molar-refractivity contribution in [2.24, 2.45) is 7.05 Å². The van der Waals surface area contributed by atoms with Crippen LogP contribution in [0.4, 0.5) is 0 Å². The molecule has 0 saturated heterocycles. The minimum absolute atomic E-state index is 0.0595. The molecule has 4 aromatic rings. The van der Waals surface area contributed by atoms with Crippen molar-refractivity contribution < 1.29 is 4.52 Å². The van der Waals surface area contributed by atoms with E-state index in [2.05, 4.69) is 15.1 Å². The van der Waals surface area contributed by atoms with Crippen molar-refractivity contribution in [1.29, 1.82) is 0 Å². The monoisotopic (exact) mass is 287 g/mol. The summed E-state index contributed by atoms with van der Waals surface area (Å²) in [5, 5.41) is 6.44. The van der Waals surface area contributed by atoms with Crippen LogP contribution in [0.2, 0.25) is 0 Å². The average Bonchev–Trinajstić information content (AvgIpc) is 3.12. The van der Waals surface area contributed by atoms with Gasteiger partial charge in [-0.3, -0.25) is 13.8 Å². The molecule has 0 amide bonds. The van der Waals surface area contributed by atoms with E-state index in [0.29, 0.717) is 28.4 Å². The van der Waals surface area contributed by atoms with Crippen LogP contribution >= 0.6 is 11.3 Å². The van der Waals surface area contributed by atoms with Crippen LogP contribution < -0.4 is 5.56 Å². The third-order valence-electron chi connectivity index (χ3n) is 3.20. The second-order valence-electron chi connectivity index (χ2n) is 4.43. The number of rotatable bonds is 1. The highest BCUT2D eigenvalue weighted by molar-refractivity contribution is 7.16. The molecule has 0 unspecified atom stereocenters. The number of fused-ring (bicyclic) bond motifs is 3. The predicted octanol–water partition coefficient (Wildman–Crippen LogP) is 1.61. The lowest BCUT2D eigenvalue weighted by Gasteiger charge is -2.04. The molecule has 0 atom stereocenters. The Morgan fingerprint density at radius 3 is 3.00 bits per heavy atom. The molecule has 0 N–H and O–H groups in total. The Labute approximate surface area is 116 Å². The van der Waals surface area contributed by atoms with E-state index >= 15 is 0 Å². The van der Waals surface area contributed by atoms with Crippen LogP contribution in [0, 0.1) is 6.92 Å². The van der Waals surface area contributed by atoms with Gasteiger partial charge in [-0.25, -0.2) is 4.98 Å². The van der Waals surface area contributed by atoms with Gasteiger partial charge in [-0.15, -0.1) is 11.3 Å². The molecule has 0 aromatic carbocycles. The Hall–Kier alpha value is -2.48. The maximum atomic E-state index is 12.4. The van der Waals surface area contributed by atoms with Crippen LogP contribution in [0.5, 0.6) is 0 Å². The van der Waals surface area contributed by atoms with Crippen molar-refractivity contribution in [3.05, 3.63) is 34.0 Å². The minimum Gasteiger partial charge on any atom is -0.339 e. The third-order valence-corrected chi connectivity index (χ3v) is 4.11. The quantitative estimate of drug-likeness (QED) is 0.531. The molecule has 0 radical (unpaired) electrons. The molecule has 4 aromatic heterocycles. The molecule has 0 spiro atoms. The van der Waals surface area contributed by atoms with Crippen molar-refractivity contribution >= 4 is 27.2 Å². The van der Waals surface area contributed by atoms with Gasteiger partial charge < -0.3 is 4.52 Å². The smallest absolute Gasteiger partial charge is 0.262 e. The largest absolute Gasteiger partial charge is 0.339 e. The summed E-state index contributed by atoms with van der Waals surface area (Å²) >= 11 is 1.50. The summed E-state index contributed by atoms with van der Waals surface area (Å²) in [4.78, 5) is 21.7. The number of hydrogen-bond acceptors (Lipinski definition) is 6. The number of imidazole rings is 1. The molecule has 0 aliphatic rings. The Bertz CT molecular complexity index is 1010. The highest BCUT2D eigenvalue weighted by Crippen LogP contribution is 2.25. The molecular formula is C12H9N5O2S. The molecule has 4 heterocycles. The van der Waals surface area contributed by atoms with Crippen LogP contribution in [0.25, 0.3) is 27.4 Å². The lowest BCUT2D eigenvalue weighted by atomic mass is 10.3. The zero-order chi connectivity index (χ0) is 13.9. The molecule has 7 nitrogen and oxygen atoms in total. The van der Waals surface area contributed by atoms with E-state index < -0.39 is 0 Å². The first-order valence-corrected chi connectivity index (χ1v) is 6.78. The lowest BCUT2D eigenvalue weighted by Crippen LogP contribution is -2.18. The van der Waals surface area contributed by atoms with E-state index in [-0.39, 0.29) is 5.56 Å². The van der Waals surface area contributed by atoms with Gasteiger partial charge >= 0.3 is 0 Å². The molecule has 4 rings (SSSR count). The fourth-order valence-corrected chi connectivity index (χ4v) is 3.15. The third kappa shape index (κ3) is 1.33. The average molecular weight is 287 g/mol. The number of thiophene rings is 1. The topological polar surface area (TPSA) is 78.2 Å². The normalized spacial score (nSPS) is 11.7. The highest BCUT2D eigenvalue weighted by Gasteiger charge is 2.18. The molecule has 0 aliphatic carbocycles. The predicted molar refractivity (Wildman–Crippen MR) is 73.8 cm³/mol. The lowest BCUT2D eigenvalue weighted by molar-refractivity contribution is 0.394. The summed E-state index contributed by atoms with van der Waals surface area (Å²) in [6, 6.07) is 1.82. The molecule has 100 valence electrons. The van der Waals surface area contributed by atoms with Gasteiger partial charge in [0, 0.05) is 14.0 Å². The first-order chi connectivity index (χ1) is 9.66. The first kappa shape index (κ1) is 11.4. The van der Waals surface area contributed by atoms with Gasteiger partial charge in [0.05, 0.1) is 5.39 Å². The van der Waals surface area contributed by atoms with Gasteiger partial charge in [0.15, 0.2) is 11.3 Å². The van der Waals surface area contributed by atoms with Gasteiger partial charge in [-0.2, -0.15) is 4.98 Å². The Morgan fingerprint density at radius 2 is 2.25 bits per heavy atom. The van der Waals surface area contributed by atoms with Gasteiger partial charge in [-0.1, -0.05) is 5.16 Å². The molecule has 0 saturated carbocycles. The minimum atomic E-state index is -0.0595. The summed E-state index contributed by atoms with van der Waals surface area (Å²) in [6.45, 7) is 1.71. The Kier molecular flexibility index (Phi) is 2.14. The molecule has 0 bridgehead atoms. The van der Waals surface area contributed by atoms with Gasteiger partial charge in [0.1, 0.15) is 11.2 Å². The van der Waals surface area contributed by atoms with Crippen molar-refractivity contribution in [2.45, 2.75) is 6.92 Å². The van der Waals surface area contributed by atoms with E-state index in [1.54, 1.807) is 24.9 Å². The summed E-state index contributed by atoms with van der Waals surface area (Å²) in [5.41, 5.74) is 1.14. The summed E-state index contributed by atoms with van der Waals surface area (Å²) in [7, 11) is 1.72. The number of nitrogens with zero attached hydrogens (tertiary/aromatic N) is 5. The summed E-state index contributed by atoms with van der Waals surface area (Å²) in [6.07, 6.45) is 1.68. The SMILES string of the molecule is Cc1nc(-c2ncn3c4sccc4c(=O)n(C)c23)no1. The molecule has 8 heteroatoms. The Morgan fingerprint density at radius 1 is 1.40 bits per heavy atom. The second-order valence-corrected chi connectivity index (χ2v) is 5.32. The maximum absolute atomic E-state index is 12.4. The van der Waals surface area contributed by atoms with Crippen molar-refractivity contribution in [2.75, 3.05) is 0 Å². The zero-order valence-electron chi connectivity index (χ0n) is 10.7. The van der Waals surface area contributed by atoms with E-state index in [4.69, 9.17) is 4.52 Å². The summed E-state index contributed by atoms with van der Waals surface area (Å²) in [5.74, 6) is 0.847. The standard InChI is InChI=1S/C12H9N5O2S/c1-6-14-9(15-19-6)8-10-16(2)11(18)7-3-4-20-12(7)17(10)5-13-8/h3-5H,1-2H3. The van der Waals surface area contributed by atoms with Crippen LogP contribution in [0.15, 0.2) is 27.1 Å². The second kappa shape index (κ2) is 3.76. The van der Waals surface area contributed by atoms with Gasteiger partial charge in [0.2, 0.25) is 11.7 Å². The van der Waals surface area contributed by atoms with E-state index in [0.717, 1.165) is 4.83 Å². The maximum Gasteiger partial charge on any atom is 0.262 e. The number of aryl methyl sites for hydroxylation is 2. The number of aromatic nitrogens is 5. The molecule has 0 aliphatic heterocycles. The molecule has 20 heavy (non-hydrogen) atoms. The fourth-order valence-electron chi connectivity index (χ4n) is 2.29. The first-order valence-electron chi connectivity index (χ1n) is 5.91. The summed E-state index contributed by atoms with van der Waals surface area (Å²) < 4.78 is 8.42. The molecule has 0 fully saturated rings. The van der Waals surface area contributed by atoms with Crippen molar-refractivity contribution in [1.82, 2.24) is 24.1 Å². The molecular weight excluding hydrogens is 278 g/mol.